The molecule has 0 aromatic rings. The standard InChI is InChI=1S/C8H13.C6H17NSi.Zr/c1-5-7(3)8(4)6-2;1-6(2,3)7-8(4)5;/h5H,1-4H3;7-8H,1-5H3;/q-1;;. The molecule has 0 rings (SSSR count). The zero-order valence-electron chi connectivity index (χ0n) is 13.2. The Morgan fingerprint density at radius 2 is 1.59 bits per heavy atom. The Labute approximate surface area is 130 Å². The van der Waals surface area contributed by atoms with E-state index in [1.54, 1.807) is 0 Å². The van der Waals surface area contributed by atoms with E-state index in [1.807, 2.05) is 13.8 Å². The minimum atomic E-state index is -0.546. The second kappa shape index (κ2) is 11.6. The number of allylic oxidation sites excluding steroid dienone is 4. The van der Waals surface area contributed by atoms with Crippen molar-refractivity contribution in [3.05, 3.63) is 23.3 Å². The van der Waals surface area contributed by atoms with E-state index in [-0.39, 0.29) is 26.2 Å². The van der Waals surface area contributed by atoms with E-state index < -0.39 is 8.96 Å². The van der Waals surface area contributed by atoms with Crippen LogP contribution >= 0.6 is 0 Å². The van der Waals surface area contributed by atoms with Crippen molar-refractivity contribution >= 4 is 8.96 Å². The molecule has 0 atom stereocenters. The summed E-state index contributed by atoms with van der Waals surface area (Å²) in [6.45, 7) is 19.3. The smallest absolute Gasteiger partial charge is 0.103 e. The molecule has 0 bridgehead atoms. The van der Waals surface area contributed by atoms with Crippen molar-refractivity contribution in [2.45, 2.75) is 67.1 Å². The maximum atomic E-state index is 3.52. The third-order valence-electron chi connectivity index (χ3n) is 2.12. The van der Waals surface area contributed by atoms with Crippen LogP contribution in [0.2, 0.25) is 13.1 Å². The third-order valence-corrected chi connectivity index (χ3v) is 3.56. The monoisotopic (exact) mass is 330 g/mol. The van der Waals surface area contributed by atoms with Crippen LogP contribution in [0.1, 0.15) is 48.5 Å². The Kier molecular flexibility index (Phi) is 15.5. The Morgan fingerprint density at radius 1 is 1.18 bits per heavy atom. The van der Waals surface area contributed by atoms with Crippen LogP contribution in [0.3, 0.4) is 0 Å². The summed E-state index contributed by atoms with van der Waals surface area (Å²) in [6.07, 6.45) is 5.15. The molecule has 100 valence electrons. The van der Waals surface area contributed by atoms with Gasteiger partial charge in [-0.1, -0.05) is 26.9 Å². The maximum absolute atomic E-state index is 3.52. The van der Waals surface area contributed by atoms with E-state index in [9.17, 15) is 0 Å². The van der Waals surface area contributed by atoms with Gasteiger partial charge in [0.25, 0.3) is 0 Å². The summed E-state index contributed by atoms with van der Waals surface area (Å²) in [5.74, 6) is 0. The first-order chi connectivity index (χ1) is 7.14. The quantitative estimate of drug-likeness (QED) is 0.457. The summed E-state index contributed by atoms with van der Waals surface area (Å²) in [5.41, 5.74) is 2.89. The SMILES string of the molecule is C[C-]=C(C)C(C)=CC.C[SiH](C)NC(C)(C)C.[Zr]. The first kappa shape index (κ1) is 22.7. The molecule has 0 saturated heterocycles. The fourth-order valence-electron chi connectivity index (χ4n) is 1.28. The van der Waals surface area contributed by atoms with Gasteiger partial charge >= 0.3 is 0 Å². The van der Waals surface area contributed by atoms with Crippen molar-refractivity contribution in [2.24, 2.45) is 0 Å². The van der Waals surface area contributed by atoms with Crippen molar-refractivity contribution < 1.29 is 26.2 Å². The van der Waals surface area contributed by atoms with Gasteiger partial charge in [-0.15, -0.1) is 13.8 Å². The maximum Gasteiger partial charge on any atom is 0.103 e. The summed E-state index contributed by atoms with van der Waals surface area (Å²) in [6, 6.07) is 0. The van der Waals surface area contributed by atoms with E-state index in [0.717, 1.165) is 0 Å². The normalized spacial score (nSPS) is 12.8. The molecule has 0 aromatic heterocycles. The van der Waals surface area contributed by atoms with Crippen LogP contribution in [0.25, 0.3) is 0 Å². The zero-order chi connectivity index (χ0) is 13.4. The van der Waals surface area contributed by atoms with Crippen molar-refractivity contribution in [1.29, 1.82) is 0 Å². The summed E-state index contributed by atoms with van der Waals surface area (Å²) >= 11 is 0. The molecule has 0 unspecified atom stereocenters. The van der Waals surface area contributed by atoms with E-state index in [2.05, 4.69) is 64.8 Å². The van der Waals surface area contributed by atoms with Crippen LogP contribution in [0, 0.1) is 6.08 Å². The first-order valence-electron chi connectivity index (χ1n) is 6.06. The molecule has 0 aliphatic rings. The van der Waals surface area contributed by atoms with Gasteiger partial charge in [0.2, 0.25) is 0 Å². The molecule has 0 saturated carbocycles. The first-order valence-corrected chi connectivity index (χ1v) is 8.95. The fourth-order valence-corrected chi connectivity index (χ4v) is 3.01. The van der Waals surface area contributed by atoms with E-state index in [4.69, 9.17) is 0 Å². The van der Waals surface area contributed by atoms with E-state index >= 15 is 0 Å². The van der Waals surface area contributed by atoms with Gasteiger partial charge in [0.15, 0.2) is 0 Å². The van der Waals surface area contributed by atoms with Crippen LogP contribution in [-0.2, 0) is 26.2 Å². The van der Waals surface area contributed by atoms with Gasteiger partial charge in [-0.2, -0.15) is 6.08 Å². The molecule has 17 heavy (non-hydrogen) atoms. The topological polar surface area (TPSA) is 12.0 Å². The van der Waals surface area contributed by atoms with Crippen molar-refractivity contribution in [1.82, 2.24) is 4.98 Å². The Balaban J connectivity index is -0.000000218. The zero-order valence-corrected chi connectivity index (χ0v) is 16.8. The average Bonchev–Trinajstić information content (AvgIpc) is 2.12. The van der Waals surface area contributed by atoms with Gasteiger partial charge in [0, 0.05) is 31.7 Å². The predicted octanol–water partition coefficient (Wildman–Crippen LogP) is 4.08. The summed E-state index contributed by atoms with van der Waals surface area (Å²) in [4.78, 5) is 3.52. The number of rotatable bonds is 2. The Hall–Kier alpha value is 0.540. The minimum Gasteiger partial charge on any atom is -0.335 e. The van der Waals surface area contributed by atoms with Crippen LogP contribution in [-0.4, -0.2) is 14.5 Å². The Bertz CT molecular complexity index is 221. The summed E-state index contributed by atoms with van der Waals surface area (Å²) in [7, 11) is -0.546. The number of hydrogen-bond acceptors (Lipinski definition) is 1. The summed E-state index contributed by atoms with van der Waals surface area (Å²) in [5, 5.41) is 0. The van der Waals surface area contributed by atoms with Crippen molar-refractivity contribution in [2.75, 3.05) is 0 Å². The molecule has 0 amide bonds. The van der Waals surface area contributed by atoms with Crippen molar-refractivity contribution in [3.63, 3.8) is 0 Å². The Morgan fingerprint density at radius 3 is 1.65 bits per heavy atom. The van der Waals surface area contributed by atoms with Crippen molar-refractivity contribution in [3.8, 4) is 0 Å². The molecule has 0 fully saturated rings. The minimum absolute atomic E-state index is 0. The molecular formula is C14H30NSiZr-. The largest absolute Gasteiger partial charge is 0.335 e. The van der Waals surface area contributed by atoms with Gasteiger partial charge < -0.3 is 4.98 Å². The molecule has 0 aliphatic heterocycles. The second-order valence-corrected chi connectivity index (χ2v) is 7.99. The fraction of sp³-hybridized carbons (Fsp3) is 0.714. The average molecular weight is 332 g/mol. The van der Waals surface area contributed by atoms with E-state index in [1.165, 1.54) is 11.1 Å². The van der Waals surface area contributed by atoms with Crippen LogP contribution in [0.15, 0.2) is 17.2 Å². The van der Waals surface area contributed by atoms with Gasteiger partial charge in [-0.3, -0.25) is 6.08 Å². The van der Waals surface area contributed by atoms with Gasteiger partial charge in [0.05, 0.1) is 0 Å². The van der Waals surface area contributed by atoms with Crippen LogP contribution < -0.4 is 4.98 Å². The third kappa shape index (κ3) is 19.1. The molecule has 0 heterocycles. The molecular weight excluding hydrogens is 301 g/mol. The number of nitrogens with one attached hydrogen (secondary N) is 1. The molecule has 0 radical (unpaired) electrons. The molecule has 3 heteroatoms. The van der Waals surface area contributed by atoms with Crippen LogP contribution in [0.4, 0.5) is 0 Å². The predicted molar refractivity (Wildman–Crippen MR) is 79.3 cm³/mol. The molecule has 0 aromatic carbocycles. The molecule has 1 nitrogen and oxygen atoms in total. The molecule has 1 N–H and O–H groups in total. The van der Waals surface area contributed by atoms with Crippen LogP contribution in [0.5, 0.6) is 0 Å². The second-order valence-electron chi connectivity index (χ2n) is 5.40. The van der Waals surface area contributed by atoms with Gasteiger partial charge in [0.1, 0.15) is 8.96 Å². The van der Waals surface area contributed by atoms with Gasteiger partial charge in [-0.05, 0) is 20.8 Å². The molecule has 0 spiro atoms. The molecule has 0 aliphatic carbocycles. The number of hydrogen-bond donors (Lipinski definition) is 1. The van der Waals surface area contributed by atoms with Gasteiger partial charge in [-0.25, -0.2) is 11.1 Å². The summed E-state index contributed by atoms with van der Waals surface area (Å²) < 4.78 is 0. The van der Waals surface area contributed by atoms with E-state index in [0.29, 0.717) is 5.54 Å².